The Hall–Kier alpha value is -1.36. The second-order valence-corrected chi connectivity index (χ2v) is 1.71. The highest BCUT2D eigenvalue weighted by Crippen LogP contribution is 2.07. The molecule has 0 spiro atoms. The first-order chi connectivity index (χ1) is 4.93. The van der Waals surface area contributed by atoms with Gasteiger partial charge in [0, 0.05) is 0 Å². The zero-order valence-corrected chi connectivity index (χ0v) is 5.76. The maximum Gasteiger partial charge on any atom is 0.150 e. The van der Waals surface area contributed by atoms with Gasteiger partial charge >= 0.3 is 0 Å². The van der Waals surface area contributed by atoms with Crippen LogP contribution in [0.5, 0.6) is 0 Å². The molecule has 1 heterocycles. The predicted molar refractivity (Wildman–Crippen MR) is 37.5 cm³/mol. The molecule has 0 aromatic rings. The Kier molecular flexibility index (Phi) is 2.45. The van der Waals surface area contributed by atoms with E-state index in [0.717, 1.165) is 5.76 Å². The fraction of sp³-hybridized carbons (Fsp3) is 0.250. The molecule has 0 aromatic heterocycles. The third-order valence-electron chi connectivity index (χ3n) is 0.992. The van der Waals surface area contributed by atoms with Crippen molar-refractivity contribution in [1.82, 2.24) is 0 Å². The first-order valence-corrected chi connectivity index (χ1v) is 2.99. The first-order valence-electron chi connectivity index (χ1n) is 2.99. The molecule has 0 atom stereocenters. The highest BCUT2D eigenvalue weighted by atomic mass is 16.5. The van der Waals surface area contributed by atoms with Crippen molar-refractivity contribution < 1.29 is 9.47 Å². The van der Waals surface area contributed by atoms with Crippen molar-refractivity contribution in [3.63, 3.8) is 0 Å². The number of rotatable bonds is 1. The van der Waals surface area contributed by atoms with E-state index in [1.165, 1.54) is 12.5 Å². The smallest absolute Gasteiger partial charge is 0.150 e. The number of hydrogen-bond donors (Lipinski definition) is 0. The minimum absolute atomic E-state index is 0.612. The summed E-state index contributed by atoms with van der Waals surface area (Å²) in [5, 5.41) is 0. The van der Waals surface area contributed by atoms with E-state index in [-0.39, 0.29) is 0 Å². The summed E-state index contributed by atoms with van der Waals surface area (Å²) in [5.41, 5.74) is 0. The van der Waals surface area contributed by atoms with Crippen molar-refractivity contribution in [2.24, 2.45) is 0 Å². The Bertz CT molecular complexity index is 215. The molecule has 1 aliphatic rings. The second kappa shape index (κ2) is 3.62. The van der Waals surface area contributed by atoms with Gasteiger partial charge in [-0.3, -0.25) is 0 Å². The monoisotopic (exact) mass is 136 g/mol. The molecule has 0 aliphatic carbocycles. The molecular formula is C8H8O2. The lowest BCUT2D eigenvalue weighted by Crippen LogP contribution is -1.89. The molecule has 0 N–H and O–H groups in total. The molecule has 1 rings (SSSR count). The summed E-state index contributed by atoms with van der Waals surface area (Å²) in [7, 11) is 0. The van der Waals surface area contributed by atoms with E-state index >= 15 is 0 Å². The van der Waals surface area contributed by atoms with Crippen LogP contribution in [0.25, 0.3) is 0 Å². The van der Waals surface area contributed by atoms with Crippen molar-refractivity contribution >= 4 is 0 Å². The van der Waals surface area contributed by atoms with Gasteiger partial charge in [0.15, 0.2) is 5.76 Å². The van der Waals surface area contributed by atoms with Gasteiger partial charge in [-0.05, 0) is 6.92 Å². The second-order valence-electron chi connectivity index (χ2n) is 1.71. The molecule has 2 nitrogen and oxygen atoms in total. The van der Waals surface area contributed by atoms with Crippen LogP contribution in [0.15, 0.2) is 24.5 Å². The minimum Gasteiger partial charge on any atom is -0.466 e. The Morgan fingerprint density at radius 1 is 1.50 bits per heavy atom. The van der Waals surface area contributed by atoms with Gasteiger partial charge in [-0.25, -0.2) is 0 Å². The van der Waals surface area contributed by atoms with E-state index < -0.39 is 0 Å². The predicted octanol–water partition coefficient (Wildman–Crippen LogP) is 1.76. The molecule has 0 saturated heterocycles. The normalized spacial score (nSPS) is 13.9. The molecule has 2 heteroatoms. The Labute approximate surface area is 60.1 Å². The Balaban J connectivity index is 2.39. The van der Waals surface area contributed by atoms with Crippen molar-refractivity contribution in [2.45, 2.75) is 13.3 Å². The summed E-state index contributed by atoms with van der Waals surface area (Å²) in [6, 6.07) is 0. The van der Waals surface area contributed by atoms with Gasteiger partial charge in [-0.2, -0.15) is 0 Å². The molecule has 52 valence electrons. The Morgan fingerprint density at radius 2 is 2.40 bits per heavy atom. The lowest BCUT2D eigenvalue weighted by atomic mass is 10.4. The number of ether oxygens (including phenoxy) is 2. The summed E-state index contributed by atoms with van der Waals surface area (Å²) in [5.74, 6) is 6.37. The number of hydrogen-bond acceptors (Lipinski definition) is 2. The summed E-state index contributed by atoms with van der Waals surface area (Å²) in [6.07, 6.45) is 5.13. The molecule has 0 fully saturated rings. The highest BCUT2D eigenvalue weighted by molar-refractivity contribution is 5.08. The van der Waals surface area contributed by atoms with Crippen LogP contribution >= 0.6 is 0 Å². The van der Waals surface area contributed by atoms with Crippen LogP contribution in [-0.4, -0.2) is 0 Å². The zero-order valence-electron chi connectivity index (χ0n) is 5.76. The van der Waals surface area contributed by atoms with Crippen LogP contribution in [0.3, 0.4) is 0 Å². The standard InChI is InChI=1S/C8H8O2/c1-2-3-4-8-7-9-5-6-10-8/h5-7H,4H2,1H3. The lowest BCUT2D eigenvalue weighted by Gasteiger charge is -2.05. The van der Waals surface area contributed by atoms with Gasteiger partial charge in [0.25, 0.3) is 0 Å². The van der Waals surface area contributed by atoms with Crippen molar-refractivity contribution in [3.05, 3.63) is 24.5 Å². The van der Waals surface area contributed by atoms with Gasteiger partial charge in [0.1, 0.15) is 18.8 Å². The van der Waals surface area contributed by atoms with Gasteiger partial charge in [0.05, 0.1) is 6.42 Å². The van der Waals surface area contributed by atoms with E-state index in [9.17, 15) is 0 Å². The van der Waals surface area contributed by atoms with Gasteiger partial charge < -0.3 is 9.47 Å². The summed E-state index contributed by atoms with van der Waals surface area (Å²) >= 11 is 0. The number of allylic oxidation sites excluding steroid dienone is 1. The first kappa shape index (κ1) is 6.76. The van der Waals surface area contributed by atoms with E-state index in [0.29, 0.717) is 6.42 Å². The lowest BCUT2D eigenvalue weighted by molar-refractivity contribution is 0.253. The molecule has 10 heavy (non-hydrogen) atoms. The third-order valence-corrected chi connectivity index (χ3v) is 0.992. The van der Waals surface area contributed by atoms with Crippen LogP contribution in [0.2, 0.25) is 0 Å². The van der Waals surface area contributed by atoms with Crippen LogP contribution in [0.1, 0.15) is 13.3 Å². The summed E-state index contributed by atoms with van der Waals surface area (Å²) < 4.78 is 9.88. The van der Waals surface area contributed by atoms with E-state index in [1.807, 2.05) is 0 Å². The van der Waals surface area contributed by atoms with Crippen LogP contribution < -0.4 is 0 Å². The van der Waals surface area contributed by atoms with Crippen LogP contribution in [-0.2, 0) is 9.47 Å². The zero-order chi connectivity index (χ0) is 7.23. The largest absolute Gasteiger partial charge is 0.466 e. The van der Waals surface area contributed by atoms with Crippen LogP contribution in [0, 0.1) is 11.8 Å². The minimum atomic E-state index is 0.612. The molecule has 0 amide bonds. The van der Waals surface area contributed by atoms with Gasteiger partial charge in [-0.15, -0.1) is 5.92 Å². The maximum atomic E-state index is 5.03. The van der Waals surface area contributed by atoms with Gasteiger partial charge in [-0.1, -0.05) is 5.92 Å². The highest BCUT2D eigenvalue weighted by Gasteiger charge is 1.96. The van der Waals surface area contributed by atoms with Crippen molar-refractivity contribution in [3.8, 4) is 11.8 Å². The fourth-order valence-corrected chi connectivity index (χ4v) is 0.549. The van der Waals surface area contributed by atoms with Crippen LogP contribution in [0.4, 0.5) is 0 Å². The maximum absolute atomic E-state index is 5.03. The molecular weight excluding hydrogens is 128 g/mol. The van der Waals surface area contributed by atoms with E-state index in [2.05, 4.69) is 11.8 Å². The average Bonchev–Trinajstić information content (AvgIpc) is 2.03. The molecule has 0 saturated carbocycles. The summed E-state index contributed by atoms with van der Waals surface area (Å²) in [4.78, 5) is 0. The van der Waals surface area contributed by atoms with Crippen molar-refractivity contribution in [1.29, 1.82) is 0 Å². The van der Waals surface area contributed by atoms with E-state index in [4.69, 9.17) is 9.47 Å². The molecule has 0 radical (unpaired) electrons. The quantitative estimate of drug-likeness (QED) is 0.511. The van der Waals surface area contributed by atoms with Crippen molar-refractivity contribution in [2.75, 3.05) is 0 Å². The topological polar surface area (TPSA) is 18.5 Å². The molecule has 0 unspecified atom stereocenters. The fourth-order valence-electron chi connectivity index (χ4n) is 0.549. The summed E-state index contributed by atoms with van der Waals surface area (Å²) in [6.45, 7) is 1.79. The third kappa shape index (κ3) is 1.87. The van der Waals surface area contributed by atoms with Gasteiger partial charge in [0.2, 0.25) is 0 Å². The SMILES string of the molecule is CC#CCC1=COC=CO1. The average molecular weight is 136 g/mol. The molecule has 1 aliphatic heterocycles. The Morgan fingerprint density at radius 3 is 3.00 bits per heavy atom. The molecule has 0 aromatic carbocycles. The van der Waals surface area contributed by atoms with E-state index in [1.54, 1.807) is 13.2 Å². The molecule has 0 bridgehead atoms.